The molecule has 1 fully saturated rings. The molecule has 0 atom stereocenters. The molecule has 1 aromatic carbocycles. The Bertz CT molecular complexity index is 873. The Kier molecular flexibility index (Phi) is 4.10. The lowest BCUT2D eigenvalue weighted by Crippen LogP contribution is -2.35. The van der Waals surface area contributed by atoms with E-state index in [0.29, 0.717) is 21.9 Å². The summed E-state index contributed by atoms with van der Waals surface area (Å²) in [6.45, 7) is 4.44. The van der Waals surface area contributed by atoms with Gasteiger partial charge in [0.05, 0.1) is 30.1 Å². The van der Waals surface area contributed by atoms with Crippen molar-refractivity contribution in [2.75, 3.05) is 32.0 Å². The minimum atomic E-state index is 0.429. The maximum Gasteiger partial charge on any atom is 0.180 e. The van der Waals surface area contributed by atoms with E-state index in [1.165, 1.54) is 11.8 Å². The standard InChI is InChI=1S/C17H18ClN5O/c18-13-9-20-17-15(14(13)19)21-16(22-17)12-3-1-2-11(8-12)10-23-4-6-24-7-5-23/h1-3,8-9H,4-7,10H2,(H3,19,20,21,22). The summed E-state index contributed by atoms with van der Waals surface area (Å²) < 4.78 is 5.40. The molecule has 0 spiro atoms. The van der Waals surface area contributed by atoms with Gasteiger partial charge in [0.25, 0.3) is 0 Å². The Balaban J connectivity index is 1.64. The van der Waals surface area contributed by atoms with Crippen LogP contribution >= 0.6 is 11.6 Å². The fourth-order valence-electron chi connectivity index (χ4n) is 2.92. The quantitative estimate of drug-likeness (QED) is 0.764. The number of pyridine rings is 1. The van der Waals surface area contributed by atoms with Crippen molar-refractivity contribution < 1.29 is 4.74 Å². The van der Waals surface area contributed by atoms with Crippen molar-refractivity contribution in [1.82, 2.24) is 19.9 Å². The molecule has 7 heteroatoms. The molecule has 1 aliphatic heterocycles. The van der Waals surface area contributed by atoms with Crippen molar-refractivity contribution in [2.45, 2.75) is 6.54 Å². The Morgan fingerprint density at radius 3 is 2.96 bits per heavy atom. The summed E-state index contributed by atoms with van der Waals surface area (Å²) in [5, 5.41) is 0.429. The van der Waals surface area contributed by atoms with Gasteiger partial charge in [0.1, 0.15) is 11.3 Å². The third-order valence-corrected chi connectivity index (χ3v) is 4.52. The van der Waals surface area contributed by atoms with Gasteiger partial charge in [0.15, 0.2) is 5.65 Å². The van der Waals surface area contributed by atoms with E-state index in [-0.39, 0.29) is 0 Å². The number of aromatic nitrogens is 3. The monoisotopic (exact) mass is 343 g/mol. The molecule has 1 aliphatic rings. The predicted molar refractivity (Wildman–Crippen MR) is 94.8 cm³/mol. The van der Waals surface area contributed by atoms with Gasteiger partial charge >= 0.3 is 0 Å². The van der Waals surface area contributed by atoms with Crippen molar-refractivity contribution in [3.05, 3.63) is 41.0 Å². The number of imidazole rings is 1. The molecule has 124 valence electrons. The molecule has 2 aromatic heterocycles. The fourth-order valence-corrected chi connectivity index (χ4v) is 3.07. The van der Waals surface area contributed by atoms with Crippen LogP contribution in [-0.2, 0) is 11.3 Å². The summed E-state index contributed by atoms with van der Waals surface area (Å²) in [5.74, 6) is 0.746. The highest BCUT2D eigenvalue weighted by Gasteiger charge is 2.13. The van der Waals surface area contributed by atoms with Crippen molar-refractivity contribution in [1.29, 1.82) is 0 Å². The smallest absolute Gasteiger partial charge is 0.180 e. The van der Waals surface area contributed by atoms with Crippen LogP contribution in [0.3, 0.4) is 0 Å². The molecular weight excluding hydrogens is 326 g/mol. The van der Waals surface area contributed by atoms with Crippen LogP contribution < -0.4 is 5.73 Å². The highest BCUT2D eigenvalue weighted by Crippen LogP contribution is 2.28. The number of hydrogen-bond acceptors (Lipinski definition) is 5. The number of rotatable bonds is 3. The van der Waals surface area contributed by atoms with E-state index in [0.717, 1.165) is 44.2 Å². The van der Waals surface area contributed by atoms with Gasteiger partial charge in [-0.1, -0.05) is 29.8 Å². The number of H-pyrrole nitrogens is 1. The first-order valence-electron chi connectivity index (χ1n) is 7.90. The molecule has 6 nitrogen and oxygen atoms in total. The number of aromatic amines is 1. The number of fused-ring (bicyclic) bond motifs is 1. The first-order chi connectivity index (χ1) is 11.7. The third-order valence-electron chi connectivity index (χ3n) is 4.22. The number of nitrogens with two attached hydrogens (primary N) is 1. The summed E-state index contributed by atoms with van der Waals surface area (Å²) in [6.07, 6.45) is 1.53. The average molecular weight is 344 g/mol. The minimum Gasteiger partial charge on any atom is -0.396 e. The van der Waals surface area contributed by atoms with E-state index in [2.05, 4.69) is 32.0 Å². The molecule has 0 radical (unpaired) electrons. The predicted octanol–water partition coefficient (Wildman–Crippen LogP) is 2.69. The molecule has 0 saturated carbocycles. The lowest BCUT2D eigenvalue weighted by atomic mass is 10.1. The number of benzene rings is 1. The van der Waals surface area contributed by atoms with Gasteiger partial charge in [-0.05, 0) is 11.6 Å². The third kappa shape index (κ3) is 2.96. The van der Waals surface area contributed by atoms with E-state index >= 15 is 0 Å². The van der Waals surface area contributed by atoms with Gasteiger partial charge in [0.2, 0.25) is 0 Å². The number of ether oxygens (including phenoxy) is 1. The molecule has 3 heterocycles. The van der Waals surface area contributed by atoms with Crippen molar-refractivity contribution in [3.8, 4) is 11.4 Å². The van der Waals surface area contributed by atoms with Gasteiger partial charge in [-0.15, -0.1) is 0 Å². The zero-order chi connectivity index (χ0) is 16.5. The summed E-state index contributed by atoms with van der Waals surface area (Å²) >= 11 is 6.03. The molecule has 0 bridgehead atoms. The molecule has 24 heavy (non-hydrogen) atoms. The molecule has 1 saturated heterocycles. The first-order valence-corrected chi connectivity index (χ1v) is 8.27. The van der Waals surface area contributed by atoms with Crippen LogP contribution in [0.25, 0.3) is 22.6 Å². The molecule has 0 unspecified atom stereocenters. The normalized spacial score (nSPS) is 15.9. The lowest BCUT2D eigenvalue weighted by molar-refractivity contribution is 0.0342. The zero-order valence-corrected chi connectivity index (χ0v) is 13.9. The zero-order valence-electron chi connectivity index (χ0n) is 13.1. The Morgan fingerprint density at radius 2 is 2.12 bits per heavy atom. The number of nitrogens with one attached hydrogen (secondary N) is 1. The number of anilines is 1. The maximum absolute atomic E-state index is 6.03. The summed E-state index contributed by atoms with van der Waals surface area (Å²) in [6, 6.07) is 8.34. The van der Waals surface area contributed by atoms with Gasteiger partial charge in [-0.25, -0.2) is 9.97 Å². The fraction of sp³-hybridized carbons (Fsp3) is 0.294. The van der Waals surface area contributed by atoms with Crippen LogP contribution in [-0.4, -0.2) is 46.2 Å². The van der Waals surface area contributed by atoms with Crippen LogP contribution in [0.4, 0.5) is 5.69 Å². The summed E-state index contributed by atoms with van der Waals surface area (Å²) in [5.41, 5.74) is 9.98. The van der Waals surface area contributed by atoms with Gasteiger partial charge in [-0.2, -0.15) is 0 Å². The van der Waals surface area contributed by atoms with E-state index in [1.54, 1.807) is 0 Å². The molecule has 4 rings (SSSR count). The van der Waals surface area contributed by atoms with Crippen molar-refractivity contribution in [2.24, 2.45) is 0 Å². The molecule has 3 aromatic rings. The van der Waals surface area contributed by atoms with Crippen LogP contribution in [0.5, 0.6) is 0 Å². The van der Waals surface area contributed by atoms with Gasteiger partial charge < -0.3 is 15.5 Å². The van der Waals surface area contributed by atoms with Crippen molar-refractivity contribution >= 4 is 28.5 Å². The minimum absolute atomic E-state index is 0.429. The van der Waals surface area contributed by atoms with Gasteiger partial charge in [-0.3, -0.25) is 4.90 Å². The van der Waals surface area contributed by atoms with Crippen LogP contribution in [0.2, 0.25) is 5.02 Å². The lowest BCUT2D eigenvalue weighted by Gasteiger charge is -2.26. The second-order valence-electron chi connectivity index (χ2n) is 5.89. The van der Waals surface area contributed by atoms with Crippen LogP contribution in [0.1, 0.15) is 5.56 Å². The van der Waals surface area contributed by atoms with Crippen LogP contribution in [0.15, 0.2) is 30.5 Å². The molecule has 3 N–H and O–H groups in total. The molecule has 0 amide bonds. The molecule has 0 aliphatic carbocycles. The number of morpholine rings is 1. The second kappa shape index (κ2) is 6.39. The SMILES string of the molecule is Nc1c(Cl)cnc2nc(-c3cccc(CN4CCOCC4)c3)[nH]c12. The van der Waals surface area contributed by atoms with E-state index < -0.39 is 0 Å². The summed E-state index contributed by atoms with van der Waals surface area (Å²) in [4.78, 5) is 14.4. The Hall–Kier alpha value is -2.15. The van der Waals surface area contributed by atoms with E-state index in [9.17, 15) is 0 Å². The highest BCUT2D eigenvalue weighted by molar-refractivity contribution is 6.34. The highest BCUT2D eigenvalue weighted by atomic mass is 35.5. The first kappa shape index (κ1) is 15.4. The van der Waals surface area contributed by atoms with Crippen molar-refractivity contribution in [3.63, 3.8) is 0 Å². The number of hydrogen-bond donors (Lipinski definition) is 2. The van der Waals surface area contributed by atoms with Gasteiger partial charge in [0, 0.05) is 25.2 Å². The largest absolute Gasteiger partial charge is 0.396 e. The molecular formula is C17H18ClN5O. The topological polar surface area (TPSA) is 80.1 Å². The number of halogens is 1. The average Bonchev–Trinajstić information content (AvgIpc) is 3.05. The number of nitrogen functional groups attached to an aromatic ring is 1. The summed E-state index contributed by atoms with van der Waals surface area (Å²) in [7, 11) is 0. The van der Waals surface area contributed by atoms with E-state index in [4.69, 9.17) is 22.1 Å². The van der Waals surface area contributed by atoms with E-state index in [1.807, 2.05) is 12.1 Å². The Labute approximate surface area is 144 Å². The van der Waals surface area contributed by atoms with Crippen LogP contribution in [0, 0.1) is 0 Å². The number of nitrogens with zero attached hydrogens (tertiary/aromatic N) is 3. The Morgan fingerprint density at radius 1 is 1.29 bits per heavy atom. The second-order valence-corrected chi connectivity index (χ2v) is 6.30. The maximum atomic E-state index is 6.03.